The van der Waals surface area contributed by atoms with Gasteiger partial charge in [-0.3, -0.25) is 4.90 Å². The summed E-state index contributed by atoms with van der Waals surface area (Å²) in [6.07, 6.45) is 11.5. The van der Waals surface area contributed by atoms with Gasteiger partial charge in [-0.2, -0.15) is 0 Å². The SMILES string of the molecule is CCNc1ncc(CN2CCC[C@]3(C=Cc4ccccc4O3)CC2)cn1. The summed E-state index contributed by atoms with van der Waals surface area (Å²) >= 11 is 0. The number of fused-ring (bicyclic) bond motifs is 1. The summed E-state index contributed by atoms with van der Waals surface area (Å²) in [5, 5.41) is 3.14. The van der Waals surface area contributed by atoms with Crippen LogP contribution in [0.1, 0.15) is 37.3 Å². The number of nitrogens with one attached hydrogen (secondary N) is 1. The Bertz CT molecular complexity index is 774. The van der Waals surface area contributed by atoms with Crippen LogP contribution in [0.5, 0.6) is 5.75 Å². The average molecular weight is 350 g/mol. The number of likely N-dealkylation sites (tertiary alicyclic amines) is 1. The van der Waals surface area contributed by atoms with Gasteiger partial charge < -0.3 is 10.1 Å². The highest BCUT2D eigenvalue weighted by atomic mass is 16.5. The Morgan fingerprint density at radius 3 is 2.85 bits per heavy atom. The predicted molar refractivity (Wildman–Crippen MR) is 104 cm³/mol. The summed E-state index contributed by atoms with van der Waals surface area (Å²) in [4.78, 5) is 11.2. The van der Waals surface area contributed by atoms with Crippen molar-refractivity contribution in [3.63, 3.8) is 0 Å². The zero-order valence-electron chi connectivity index (χ0n) is 15.3. The molecule has 1 saturated heterocycles. The summed E-state index contributed by atoms with van der Waals surface area (Å²) in [5.74, 6) is 1.71. The molecule has 4 rings (SSSR count). The first-order chi connectivity index (χ1) is 12.8. The van der Waals surface area contributed by atoms with Gasteiger partial charge in [0.25, 0.3) is 0 Å². The third-order valence-corrected chi connectivity index (χ3v) is 5.17. The first-order valence-corrected chi connectivity index (χ1v) is 9.51. The Morgan fingerprint density at radius 2 is 2.00 bits per heavy atom. The number of aromatic nitrogens is 2. The van der Waals surface area contributed by atoms with Crippen molar-refractivity contribution >= 4 is 12.0 Å². The van der Waals surface area contributed by atoms with E-state index in [4.69, 9.17) is 4.74 Å². The van der Waals surface area contributed by atoms with Crippen molar-refractivity contribution in [1.82, 2.24) is 14.9 Å². The van der Waals surface area contributed by atoms with Gasteiger partial charge in [0, 0.05) is 49.6 Å². The zero-order chi connectivity index (χ0) is 17.8. The highest BCUT2D eigenvalue weighted by Crippen LogP contribution is 2.37. The van der Waals surface area contributed by atoms with E-state index < -0.39 is 0 Å². The lowest BCUT2D eigenvalue weighted by molar-refractivity contribution is 0.0990. The van der Waals surface area contributed by atoms with E-state index in [1.54, 1.807) is 0 Å². The van der Waals surface area contributed by atoms with Crippen molar-refractivity contribution in [2.75, 3.05) is 25.0 Å². The first kappa shape index (κ1) is 17.0. The fourth-order valence-electron chi connectivity index (χ4n) is 3.76. The van der Waals surface area contributed by atoms with Crippen LogP contribution in [0.25, 0.3) is 6.08 Å². The molecule has 0 aliphatic carbocycles. The Kier molecular flexibility index (Phi) is 4.89. The van der Waals surface area contributed by atoms with Crippen molar-refractivity contribution in [1.29, 1.82) is 0 Å². The lowest BCUT2D eigenvalue weighted by Gasteiger charge is -2.34. The van der Waals surface area contributed by atoms with Gasteiger partial charge in [0.15, 0.2) is 0 Å². The molecule has 0 amide bonds. The lowest BCUT2D eigenvalue weighted by atomic mass is 9.91. The number of hydrogen-bond acceptors (Lipinski definition) is 5. The Labute approximate surface area is 155 Å². The number of ether oxygens (including phenoxy) is 1. The molecule has 0 unspecified atom stereocenters. The molecule has 1 spiro atoms. The quantitative estimate of drug-likeness (QED) is 0.910. The standard InChI is InChI=1S/C21H26N4O/c1-2-22-20-23-14-17(15-24-20)16-25-12-5-9-21(11-13-25)10-8-18-6-3-4-7-19(18)26-21/h3-4,6-8,10,14-15H,2,5,9,11-13,16H2,1H3,(H,22,23,24)/t21-/m0/s1. The number of anilines is 1. The molecule has 0 bridgehead atoms. The molecule has 3 heterocycles. The number of para-hydroxylation sites is 1. The van der Waals surface area contributed by atoms with Gasteiger partial charge in [0.1, 0.15) is 11.4 Å². The molecule has 2 aromatic rings. The van der Waals surface area contributed by atoms with Crippen LogP contribution in [-0.4, -0.2) is 40.1 Å². The van der Waals surface area contributed by atoms with Gasteiger partial charge in [-0.1, -0.05) is 24.3 Å². The maximum atomic E-state index is 6.44. The Hall–Kier alpha value is -2.40. The molecule has 1 aromatic heterocycles. The van der Waals surface area contributed by atoms with E-state index in [-0.39, 0.29) is 5.60 Å². The fraction of sp³-hybridized carbons (Fsp3) is 0.429. The van der Waals surface area contributed by atoms with Crippen molar-refractivity contribution < 1.29 is 4.74 Å². The fourth-order valence-corrected chi connectivity index (χ4v) is 3.76. The molecule has 1 atom stereocenters. The molecule has 0 radical (unpaired) electrons. The van der Waals surface area contributed by atoms with Gasteiger partial charge in [-0.15, -0.1) is 0 Å². The van der Waals surface area contributed by atoms with Gasteiger partial charge >= 0.3 is 0 Å². The Balaban J connectivity index is 1.39. The van der Waals surface area contributed by atoms with E-state index in [0.29, 0.717) is 5.95 Å². The number of rotatable bonds is 4. The third kappa shape index (κ3) is 3.73. The minimum Gasteiger partial charge on any atom is -0.483 e. The highest BCUT2D eigenvalue weighted by molar-refractivity contribution is 5.60. The van der Waals surface area contributed by atoms with E-state index in [1.165, 1.54) is 5.56 Å². The smallest absolute Gasteiger partial charge is 0.222 e. The zero-order valence-corrected chi connectivity index (χ0v) is 15.3. The minimum atomic E-state index is -0.158. The normalized spacial score (nSPS) is 22.5. The summed E-state index contributed by atoms with van der Waals surface area (Å²) in [5.41, 5.74) is 2.18. The summed E-state index contributed by atoms with van der Waals surface area (Å²) in [6.45, 7) is 5.87. The van der Waals surface area contributed by atoms with Crippen LogP contribution in [0.3, 0.4) is 0 Å². The van der Waals surface area contributed by atoms with Gasteiger partial charge in [-0.05, 0) is 38.5 Å². The van der Waals surface area contributed by atoms with Crippen molar-refractivity contribution in [3.8, 4) is 5.75 Å². The molecule has 1 N–H and O–H groups in total. The molecular formula is C21H26N4O. The predicted octanol–water partition coefficient (Wildman–Crippen LogP) is 3.74. The molecule has 5 nitrogen and oxygen atoms in total. The van der Waals surface area contributed by atoms with Gasteiger partial charge in [-0.25, -0.2) is 9.97 Å². The summed E-state index contributed by atoms with van der Waals surface area (Å²) < 4.78 is 6.44. The molecular weight excluding hydrogens is 324 g/mol. The maximum absolute atomic E-state index is 6.44. The molecule has 0 saturated carbocycles. The number of benzene rings is 1. The van der Waals surface area contributed by atoms with Crippen LogP contribution in [0, 0.1) is 0 Å². The van der Waals surface area contributed by atoms with E-state index in [2.05, 4.69) is 50.5 Å². The summed E-state index contributed by atoms with van der Waals surface area (Å²) in [7, 11) is 0. The lowest BCUT2D eigenvalue weighted by Crippen LogP contribution is -2.36. The minimum absolute atomic E-state index is 0.158. The molecule has 5 heteroatoms. The van der Waals surface area contributed by atoms with Crippen LogP contribution in [-0.2, 0) is 6.54 Å². The van der Waals surface area contributed by atoms with Crippen molar-refractivity contribution in [3.05, 3.63) is 53.9 Å². The van der Waals surface area contributed by atoms with Crippen LogP contribution in [0.4, 0.5) is 5.95 Å². The second-order valence-corrected chi connectivity index (χ2v) is 7.11. The van der Waals surface area contributed by atoms with Crippen molar-refractivity contribution in [2.45, 2.75) is 38.3 Å². The number of nitrogens with zero attached hydrogens (tertiary/aromatic N) is 3. The van der Waals surface area contributed by atoms with Gasteiger partial charge in [0.05, 0.1) is 0 Å². The highest BCUT2D eigenvalue weighted by Gasteiger charge is 2.34. The van der Waals surface area contributed by atoms with Crippen LogP contribution in [0.15, 0.2) is 42.7 Å². The molecule has 1 aromatic carbocycles. The monoisotopic (exact) mass is 350 g/mol. The van der Waals surface area contributed by atoms with E-state index in [9.17, 15) is 0 Å². The first-order valence-electron chi connectivity index (χ1n) is 9.51. The van der Waals surface area contributed by atoms with Gasteiger partial charge in [0.2, 0.25) is 5.95 Å². The second-order valence-electron chi connectivity index (χ2n) is 7.11. The second kappa shape index (κ2) is 7.46. The van der Waals surface area contributed by atoms with E-state index >= 15 is 0 Å². The topological polar surface area (TPSA) is 50.3 Å². The van der Waals surface area contributed by atoms with E-state index in [1.807, 2.05) is 25.4 Å². The van der Waals surface area contributed by atoms with Crippen LogP contribution in [0.2, 0.25) is 0 Å². The molecule has 26 heavy (non-hydrogen) atoms. The molecule has 2 aliphatic heterocycles. The number of hydrogen-bond donors (Lipinski definition) is 1. The largest absolute Gasteiger partial charge is 0.483 e. The molecule has 136 valence electrons. The van der Waals surface area contributed by atoms with Crippen LogP contribution >= 0.6 is 0 Å². The van der Waals surface area contributed by atoms with Crippen LogP contribution < -0.4 is 10.1 Å². The average Bonchev–Trinajstić information content (AvgIpc) is 2.86. The summed E-state index contributed by atoms with van der Waals surface area (Å²) in [6, 6.07) is 8.29. The third-order valence-electron chi connectivity index (χ3n) is 5.17. The molecule has 1 fully saturated rings. The molecule has 2 aliphatic rings. The maximum Gasteiger partial charge on any atom is 0.222 e. The Morgan fingerprint density at radius 1 is 1.15 bits per heavy atom. The van der Waals surface area contributed by atoms with E-state index in [0.717, 1.165) is 56.8 Å². The van der Waals surface area contributed by atoms with Crippen molar-refractivity contribution in [2.24, 2.45) is 0 Å².